The zero-order chi connectivity index (χ0) is 16.4. The largest absolute Gasteiger partial charge is 0.331 e. The van der Waals surface area contributed by atoms with E-state index in [0.29, 0.717) is 22.0 Å². The van der Waals surface area contributed by atoms with Crippen LogP contribution in [0.1, 0.15) is 25.9 Å². The van der Waals surface area contributed by atoms with Crippen molar-refractivity contribution in [3.63, 3.8) is 0 Å². The molecule has 1 aromatic carbocycles. The van der Waals surface area contributed by atoms with Gasteiger partial charge in [-0.1, -0.05) is 0 Å². The minimum absolute atomic E-state index is 0.155. The van der Waals surface area contributed by atoms with Crippen molar-refractivity contribution in [2.24, 2.45) is 7.05 Å². The first-order valence-corrected chi connectivity index (χ1v) is 8.34. The van der Waals surface area contributed by atoms with Crippen LogP contribution in [0.5, 0.6) is 0 Å². The summed E-state index contributed by atoms with van der Waals surface area (Å²) >= 11 is 4.69. The Kier molecular flexibility index (Phi) is 4.40. The lowest BCUT2D eigenvalue weighted by atomic mass is 10.1. The second-order valence-electron chi connectivity index (χ2n) is 4.83. The first-order chi connectivity index (χ1) is 11.0. The van der Waals surface area contributed by atoms with Gasteiger partial charge in [0.2, 0.25) is 5.78 Å². The van der Waals surface area contributed by atoms with E-state index >= 15 is 0 Å². The van der Waals surface area contributed by atoms with Crippen molar-refractivity contribution >= 4 is 44.6 Å². The van der Waals surface area contributed by atoms with Crippen LogP contribution in [-0.2, 0) is 7.05 Å². The number of thiophene rings is 1. The first-order valence-electron chi connectivity index (χ1n) is 6.73. The van der Waals surface area contributed by atoms with Gasteiger partial charge in [-0.2, -0.15) is 0 Å². The summed E-state index contributed by atoms with van der Waals surface area (Å²) in [6.07, 6.45) is 3.31. The summed E-state index contributed by atoms with van der Waals surface area (Å²) in [4.78, 5) is 29.0. The van der Waals surface area contributed by atoms with E-state index in [1.54, 1.807) is 54.3 Å². The minimum atomic E-state index is -0.177. The van der Waals surface area contributed by atoms with E-state index < -0.39 is 0 Å². The van der Waals surface area contributed by atoms with Crippen molar-refractivity contribution in [2.75, 3.05) is 5.32 Å². The molecule has 1 N–H and O–H groups in total. The van der Waals surface area contributed by atoms with Crippen molar-refractivity contribution in [3.8, 4) is 0 Å². The molecular weight excluding hydrogens is 378 g/mol. The Morgan fingerprint density at radius 1 is 1.17 bits per heavy atom. The van der Waals surface area contributed by atoms with E-state index in [-0.39, 0.29) is 11.7 Å². The molecule has 3 aromatic rings. The molecule has 0 spiro atoms. The van der Waals surface area contributed by atoms with Crippen LogP contribution in [0.4, 0.5) is 5.69 Å². The summed E-state index contributed by atoms with van der Waals surface area (Å²) in [5, 5.41) is 2.80. The lowest BCUT2D eigenvalue weighted by Gasteiger charge is -2.05. The highest BCUT2D eigenvalue weighted by atomic mass is 79.9. The number of ketones is 1. The predicted octanol–water partition coefficient (Wildman–Crippen LogP) is 3.73. The molecule has 0 atom stereocenters. The monoisotopic (exact) mass is 389 g/mol. The standard InChI is InChI=1S/C16H12BrN3O2S/c1-20-9-8-18-15(20)14(21)10-2-4-11(5-3-10)19-16(22)12-6-7-13(17)23-12/h2-9H,1H3,(H,19,22). The van der Waals surface area contributed by atoms with Crippen LogP contribution in [0.3, 0.4) is 0 Å². The molecule has 0 saturated carbocycles. The number of aryl methyl sites for hydroxylation is 1. The van der Waals surface area contributed by atoms with Gasteiger partial charge in [0, 0.05) is 30.7 Å². The van der Waals surface area contributed by atoms with Gasteiger partial charge in [-0.3, -0.25) is 9.59 Å². The van der Waals surface area contributed by atoms with Gasteiger partial charge in [0.25, 0.3) is 5.91 Å². The molecule has 23 heavy (non-hydrogen) atoms. The van der Waals surface area contributed by atoms with Gasteiger partial charge >= 0.3 is 0 Å². The van der Waals surface area contributed by atoms with Crippen LogP contribution < -0.4 is 5.32 Å². The van der Waals surface area contributed by atoms with E-state index in [4.69, 9.17) is 0 Å². The Morgan fingerprint density at radius 2 is 1.91 bits per heavy atom. The number of halogens is 1. The Bertz CT molecular complexity index is 868. The number of hydrogen-bond acceptors (Lipinski definition) is 4. The van der Waals surface area contributed by atoms with Gasteiger partial charge in [0.15, 0.2) is 5.82 Å². The summed E-state index contributed by atoms with van der Waals surface area (Å²) in [7, 11) is 1.77. The topological polar surface area (TPSA) is 64.0 Å². The number of nitrogens with zero attached hydrogens (tertiary/aromatic N) is 2. The van der Waals surface area contributed by atoms with Crippen LogP contribution >= 0.6 is 27.3 Å². The lowest BCUT2D eigenvalue weighted by molar-refractivity contribution is 0.102. The molecule has 0 saturated heterocycles. The summed E-state index contributed by atoms with van der Waals surface area (Å²) < 4.78 is 2.57. The average molecular weight is 390 g/mol. The number of nitrogens with one attached hydrogen (secondary N) is 1. The smallest absolute Gasteiger partial charge is 0.265 e. The van der Waals surface area contributed by atoms with Crippen molar-refractivity contribution in [2.45, 2.75) is 0 Å². The molecule has 0 fully saturated rings. The maximum Gasteiger partial charge on any atom is 0.265 e. The van der Waals surface area contributed by atoms with Crippen LogP contribution in [0, 0.1) is 0 Å². The second-order valence-corrected chi connectivity index (χ2v) is 7.29. The highest BCUT2D eigenvalue weighted by Crippen LogP contribution is 2.23. The summed E-state index contributed by atoms with van der Waals surface area (Å²) in [6, 6.07) is 10.3. The normalized spacial score (nSPS) is 10.5. The molecule has 3 rings (SSSR count). The number of amides is 1. The Balaban J connectivity index is 1.73. The molecule has 0 unspecified atom stereocenters. The number of hydrogen-bond donors (Lipinski definition) is 1. The molecule has 2 aromatic heterocycles. The van der Waals surface area contributed by atoms with Gasteiger partial charge in [-0.25, -0.2) is 4.98 Å². The number of anilines is 1. The number of rotatable bonds is 4. The fraction of sp³-hybridized carbons (Fsp3) is 0.0625. The fourth-order valence-electron chi connectivity index (χ4n) is 2.05. The van der Waals surface area contributed by atoms with E-state index in [1.165, 1.54) is 11.3 Å². The van der Waals surface area contributed by atoms with Gasteiger partial charge in [0.1, 0.15) is 0 Å². The van der Waals surface area contributed by atoms with E-state index in [9.17, 15) is 9.59 Å². The molecule has 0 aliphatic heterocycles. The number of imidazole rings is 1. The Hall–Kier alpha value is -2.25. The summed E-state index contributed by atoms with van der Waals surface area (Å²) in [5.74, 6) is 0.0478. The zero-order valence-corrected chi connectivity index (χ0v) is 14.5. The molecule has 5 nitrogen and oxygen atoms in total. The van der Waals surface area contributed by atoms with E-state index in [0.717, 1.165) is 3.79 Å². The molecule has 1 amide bonds. The third-order valence-electron chi connectivity index (χ3n) is 3.23. The van der Waals surface area contributed by atoms with Crippen molar-refractivity contribution < 1.29 is 9.59 Å². The van der Waals surface area contributed by atoms with Crippen LogP contribution in [0.15, 0.2) is 52.6 Å². The van der Waals surface area contributed by atoms with Crippen LogP contribution in [0.2, 0.25) is 0 Å². The van der Waals surface area contributed by atoms with Gasteiger partial charge in [0.05, 0.1) is 8.66 Å². The number of carbonyl (C=O) groups excluding carboxylic acids is 2. The second kappa shape index (κ2) is 6.47. The molecule has 2 heterocycles. The quantitative estimate of drug-likeness (QED) is 0.691. The fourth-order valence-corrected chi connectivity index (χ4v) is 3.33. The van der Waals surface area contributed by atoms with Gasteiger partial charge in [-0.15, -0.1) is 11.3 Å². The third kappa shape index (κ3) is 3.40. The van der Waals surface area contributed by atoms with Gasteiger partial charge < -0.3 is 9.88 Å². The van der Waals surface area contributed by atoms with E-state index in [2.05, 4.69) is 26.2 Å². The Labute approximate surface area is 145 Å². The maximum absolute atomic E-state index is 12.3. The maximum atomic E-state index is 12.3. The summed E-state index contributed by atoms with van der Waals surface area (Å²) in [5.41, 5.74) is 1.16. The summed E-state index contributed by atoms with van der Waals surface area (Å²) in [6.45, 7) is 0. The van der Waals surface area contributed by atoms with Crippen molar-refractivity contribution in [3.05, 3.63) is 68.8 Å². The SMILES string of the molecule is Cn1ccnc1C(=O)c1ccc(NC(=O)c2ccc(Br)s2)cc1. The van der Waals surface area contributed by atoms with Crippen LogP contribution in [-0.4, -0.2) is 21.2 Å². The molecular formula is C16H12BrN3O2S. The highest BCUT2D eigenvalue weighted by Gasteiger charge is 2.14. The average Bonchev–Trinajstić information content (AvgIpc) is 3.16. The van der Waals surface area contributed by atoms with E-state index in [1.807, 2.05) is 6.07 Å². The number of aromatic nitrogens is 2. The highest BCUT2D eigenvalue weighted by molar-refractivity contribution is 9.11. The van der Waals surface area contributed by atoms with Crippen molar-refractivity contribution in [1.29, 1.82) is 0 Å². The molecule has 7 heteroatoms. The number of benzene rings is 1. The Morgan fingerprint density at radius 3 is 2.48 bits per heavy atom. The van der Waals surface area contributed by atoms with Gasteiger partial charge in [-0.05, 0) is 52.3 Å². The first kappa shape index (κ1) is 15.6. The van der Waals surface area contributed by atoms with Crippen molar-refractivity contribution in [1.82, 2.24) is 9.55 Å². The molecule has 0 bridgehead atoms. The predicted molar refractivity (Wildman–Crippen MR) is 93.1 cm³/mol. The molecule has 0 aliphatic carbocycles. The molecule has 0 radical (unpaired) electrons. The minimum Gasteiger partial charge on any atom is -0.331 e. The molecule has 0 aliphatic rings. The number of carbonyl (C=O) groups is 2. The third-order valence-corrected chi connectivity index (χ3v) is 4.85. The zero-order valence-electron chi connectivity index (χ0n) is 12.1. The molecule has 116 valence electrons. The van der Waals surface area contributed by atoms with Crippen LogP contribution in [0.25, 0.3) is 0 Å². The lowest BCUT2D eigenvalue weighted by Crippen LogP contribution is -2.11.